The minimum atomic E-state index is -0.270. The maximum absolute atomic E-state index is 11.4. The molecule has 1 rings (SSSR count). The average molecular weight is 239 g/mol. The third kappa shape index (κ3) is 6.73. The number of hydrogen-bond acceptors (Lipinski definition) is 3. The van der Waals surface area contributed by atoms with E-state index in [1.165, 1.54) is 0 Å². The number of imidazole rings is 1. The fourth-order valence-electron chi connectivity index (χ4n) is 1.24. The van der Waals surface area contributed by atoms with E-state index in [1.54, 1.807) is 12.5 Å². The fourth-order valence-corrected chi connectivity index (χ4v) is 1.24. The average Bonchev–Trinajstić information content (AvgIpc) is 2.73. The van der Waals surface area contributed by atoms with Gasteiger partial charge in [-0.2, -0.15) is 0 Å². The summed E-state index contributed by atoms with van der Waals surface area (Å²) in [5, 5.41) is 2.82. The molecular formula is C12H21N3O2. The largest absolute Gasteiger partial charge is 0.366 e. The van der Waals surface area contributed by atoms with Gasteiger partial charge >= 0.3 is 0 Å². The molecule has 0 saturated carbocycles. The number of nitrogens with zero attached hydrogens (tertiary/aromatic N) is 2. The molecule has 1 heterocycles. The standard InChI is InChI=1S/C12H21N3O2/c1-12(2,3)17-9-11(16)14-5-4-7-15-8-6-13-10-15/h6,8,10H,4-5,7,9H2,1-3H3,(H,14,16). The number of aryl methyl sites for hydroxylation is 1. The summed E-state index contributed by atoms with van der Waals surface area (Å²) < 4.78 is 7.35. The van der Waals surface area contributed by atoms with Crippen LogP contribution in [-0.2, 0) is 16.1 Å². The van der Waals surface area contributed by atoms with Crippen LogP contribution in [0.15, 0.2) is 18.7 Å². The van der Waals surface area contributed by atoms with Gasteiger partial charge in [0.1, 0.15) is 6.61 Å². The van der Waals surface area contributed by atoms with Gasteiger partial charge in [0.2, 0.25) is 5.91 Å². The summed E-state index contributed by atoms with van der Waals surface area (Å²) in [6.45, 7) is 7.43. The van der Waals surface area contributed by atoms with Gasteiger partial charge in [0.05, 0.1) is 11.9 Å². The second-order valence-electron chi connectivity index (χ2n) is 4.91. The van der Waals surface area contributed by atoms with Crippen molar-refractivity contribution < 1.29 is 9.53 Å². The molecule has 0 radical (unpaired) electrons. The van der Waals surface area contributed by atoms with Gasteiger partial charge in [0.15, 0.2) is 0 Å². The van der Waals surface area contributed by atoms with E-state index < -0.39 is 0 Å². The van der Waals surface area contributed by atoms with Crippen molar-refractivity contribution in [3.8, 4) is 0 Å². The Kier molecular flexibility index (Phi) is 5.15. The fraction of sp³-hybridized carbons (Fsp3) is 0.667. The smallest absolute Gasteiger partial charge is 0.246 e. The first-order valence-corrected chi connectivity index (χ1v) is 5.84. The van der Waals surface area contributed by atoms with E-state index >= 15 is 0 Å². The number of rotatable bonds is 6. The topological polar surface area (TPSA) is 56.1 Å². The Morgan fingerprint density at radius 1 is 1.47 bits per heavy atom. The van der Waals surface area contributed by atoms with Crippen LogP contribution in [0.25, 0.3) is 0 Å². The van der Waals surface area contributed by atoms with Gasteiger partial charge in [-0.05, 0) is 27.2 Å². The van der Waals surface area contributed by atoms with Gasteiger partial charge in [-0.3, -0.25) is 4.79 Å². The summed E-state index contributed by atoms with van der Waals surface area (Å²) in [6.07, 6.45) is 6.31. The Hall–Kier alpha value is -1.36. The van der Waals surface area contributed by atoms with Crippen LogP contribution < -0.4 is 5.32 Å². The molecule has 0 aromatic carbocycles. The van der Waals surface area contributed by atoms with Crippen LogP contribution in [0.5, 0.6) is 0 Å². The van der Waals surface area contributed by atoms with Crippen molar-refractivity contribution >= 4 is 5.91 Å². The molecular weight excluding hydrogens is 218 g/mol. The Morgan fingerprint density at radius 3 is 2.82 bits per heavy atom. The maximum atomic E-state index is 11.4. The highest BCUT2D eigenvalue weighted by atomic mass is 16.5. The lowest BCUT2D eigenvalue weighted by Gasteiger charge is -2.18. The molecule has 0 aliphatic heterocycles. The monoisotopic (exact) mass is 239 g/mol. The van der Waals surface area contributed by atoms with Crippen LogP contribution in [0.4, 0.5) is 0 Å². The van der Waals surface area contributed by atoms with Gasteiger partial charge in [0, 0.05) is 25.5 Å². The maximum Gasteiger partial charge on any atom is 0.246 e. The van der Waals surface area contributed by atoms with Crippen LogP contribution in [0.3, 0.4) is 0 Å². The number of hydrogen-bond donors (Lipinski definition) is 1. The number of aromatic nitrogens is 2. The molecule has 0 atom stereocenters. The third-order valence-corrected chi connectivity index (χ3v) is 2.11. The number of nitrogens with one attached hydrogen (secondary N) is 1. The molecule has 1 aromatic heterocycles. The SMILES string of the molecule is CC(C)(C)OCC(=O)NCCCn1ccnc1. The molecule has 0 spiro atoms. The van der Waals surface area contributed by atoms with E-state index in [1.807, 2.05) is 31.5 Å². The summed E-state index contributed by atoms with van der Waals surface area (Å²) in [5.41, 5.74) is -0.270. The Morgan fingerprint density at radius 2 is 2.24 bits per heavy atom. The lowest BCUT2D eigenvalue weighted by atomic mass is 10.2. The summed E-state index contributed by atoms with van der Waals surface area (Å²) in [4.78, 5) is 15.3. The zero-order valence-electron chi connectivity index (χ0n) is 10.8. The molecule has 17 heavy (non-hydrogen) atoms. The molecule has 5 nitrogen and oxygen atoms in total. The van der Waals surface area contributed by atoms with Crippen molar-refractivity contribution in [3.05, 3.63) is 18.7 Å². The van der Waals surface area contributed by atoms with E-state index in [9.17, 15) is 4.79 Å². The van der Waals surface area contributed by atoms with E-state index in [0.717, 1.165) is 13.0 Å². The minimum absolute atomic E-state index is 0.0643. The van der Waals surface area contributed by atoms with Crippen molar-refractivity contribution in [2.24, 2.45) is 0 Å². The third-order valence-electron chi connectivity index (χ3n) is 2.11. The molecule has 96 valence electrons. The highest BCUT2D eigenvalue weighted by molar-refractivity contribution is 5.77. The van der Waals surface area contributed by atoms with Gasteiger partial charge in [-0.25, -0.2) is 4.98 Å². The summed E-state index contributed by atoms with van der Waals surface area (Å²) in [5.74, 6) is -0.0643. The van der Waals surface area contributed by atoms with Crippen molar-refractivity contribution in [2.45, 2.75) is 39.3 Å². The summed E-state index contributed by atoms with van der Waals surface area (Å²) in [7, 11) is 0. The minimum Gasteiger partial charge on any atom is -0.366 e. The van der Waals surface area contributed by atoms with Gasteiger partial charge in [-0.1, -0.05) is 0 Å². The quantitative estimate of drug-likeness (QED) is 0.759. The first-order chi connectivity index (χ1) is 7.97. The van der Waals surface area contributed by atoms with Crippen molar-refractivity contribution in [1.29, 1.82) is 0 Å². The second-order valence-corrected chi connectivity index (χ2v) is 4.91. The van der Waals surface area contributed by atoms with E-state index in [-0.39, 0.29) is 18.1 Å². The number of carbonyl (C=O) groups is 1. The van der Waals surface area contributed by atoms with Gasteiger partial charge < -0.3 is 14.6 Å². The second kappa shape index (κ2) is 6.39. The van der Waals surface area contributed by atoms with Crippen molar-refractivity contribution in [2.75, 3.05) is 13.2 Å². The zero-order chi connectivity index (χ0) is 12.7. The van der Waals surface area contributed by atoms with Crippen LogP contribution >= 0.6 is 0 Å². The van der Waals surface area contributed by atoms with Crippen LogP contribution in [0, 0.1) is 0 Å². The first kappa shape index (κ1) is 13.7. The lowest BCUT2D eigenvalue weighted by molar-refractivity contribution is -0.130. The molecule has 0 fully saturated rings. The Labute approximate surface area is 102 Å². The molecule has 0 aliphatic carbocycles. The predicted octanol–water partition coefficient (Wildman–Crippen LogP) is 1.20. The number of amides is 1. The normalized spacial score (nSPS) is 11.5. The number of carbonyl (C=O) groups excluding carboxylic acids is 1. The van der Waals surface area contributed by atoms with Crippen molar-refractivity contribution in [3.63, 3.8) is 0 Å². The molecule has 0 unspecified atom stereocenters. The van der Waals surface area contributed by atoms with Crippen LogP contribution in [0.2, 0.25) is 0 Å². The summed E-state index contributed by atoms with van der Waals surface area (Å²) >= 11 is 0. The van der Waals surface area contributed by atoms with Crippen LogP contribution in [-0.4, -0.2) is 34.2 Å². The molecule has 1 aromatic rings. The Balaban J connectivity index is 2.04. The molecule has 5 heteroatoms. The van der Waals surface area contributed by atoms with Gasteiger partial charge in [0.25, 0.3) is 0 Å². The summed E-state index contributed by atoms with van der Waals surface area (Å²) in [6, 6.07) is 0. The molecule has 1 amide bonds. The lowest BCUT2D eigenvalue weighted by Crippen LogP contribution is -2.32. The molecule has 0 bridgehead atoms. The number of ether oxygens (including phenoxy) is 1. The first-order valence-electron chi connectivity index (χ1n) is 5.84. The van der Waals surface area contributed by atoms with Crippen molar-refractivity contribution in [1.82, 2.24) is 14.9 Å². The van der Waals surface area contributed by atoms with E-state index in [4.69, 9.17) is 4.74 Å². The molecule has 0 saturated heterocycles. The van der Waals surface area contributed by atoms with E-state index in [0.29, 0.717) is 6.54 Å². The molecule has 1 N–H and O–H groups in total. The molecule has 0 aliphatic rings. The highest BCUT2D eigenvalue weighted by Gasteiger charge is 2.12. The highest BCUT2D eigenvalue weighted by Crippen LogP contribution is 2.05. The predicted molar refractivity (Wildman–Crippen MR) is 65.6 cm³/mol. The zero-order valence-corrected chi connectivity index (χ0v) is 10.8. The van der Waals surface area contributed by atoms with Crippen LogP contribution in [0.1, 0.15) is 27.2 Å². The van der Waals surface area contributed by atoms with Gasteiger partial charge in [-0.15, -0.1) is 0 Å². The van der Waals surface area contributed by atoms with E-state index in [2.05, 4.69) is 10.3 Å². The Bertz CT molecular complexity index is 328.